The first-order chi connectivity index (χ1) is 9.47. The average molecular weight is 362 g/mol. The standard InChI is InChI=1S/C13H14BrClN2O3/c1-8-4-9(14)5-10(15)13(8)20-7-12(19)17-3-2-16-11(18)6-17/h4-5H,2-3,6-7H2,1H3,(H,16,18). The van der Waals surface area contributed by atoms with Crippen LogP contribution < -0.4 is 10.1 Å². The summed E-state index contributed by atoms with van der Waals surface area (Å²) in [6.45, 7) is 2.78. The molecule has 108 valence electrons. The average Bonchev–Trinajstić information content (AvgIpc) is 2.37. The van der Waals surface area contributed by atoms with Crippen LogP contribution in [0.2, 0.25) is 5.02 Å². The zero-order chi connectivity index (χ0) is 14.7. The van der Waals surface area contributed by atoms with Gasteiger partial charge in [0.25, 0.3) is 5.91 Å². The molecule has 7 heteroatoms. The molecule has 0 saturated carbocycles. The number of hydrogen-bond donors (Lipinski definition) is 1. The monoisotopic (exact) mass is 360 g/mol. The lowest BCUT2D eigenvalue weighted by molar-refractivity contribution is -0.139. The van der Waals surface area contributed by atoms with Crippen LogP contribution in [0.3, 0.4) is 0 Å². The molecule has 1 saturated heterocycles. The number of hydrogen-bond acceptors (Lipinski definition) is 3. The number of nitrogens with one attached hydrogen (secondary N) is 1. The summed E-state index contributed by atoms with van der Waals surface area (Å²) >= 11 is 9.42. The molecular formula is C13H14BrClN2O3. The Morgan fingerprint density at radius 3 is 2.95 bits per heavy atom. The van der Waals surface area contributed by atoms with Gasteiger partial charge in [0.05, 0.1) is 11.6 Å². The number of rotatable bonds is 3. The largest absolute Gasteiger partial charge is 0.482 e. The van der Waals surface area contributed by atoms with Gasteiger partial charge in [0.2, 0.25) is 5.91 Å². The summed E-state index contributed by atoms with van der Waals surface area (Å²) in [5, 5.41) is 3.11. The lowest BCUT2D eigenvalue weighted by Crippen LogP contribution is -2.51. The number of nitrogens with zero attached hydrogens (tertiary/aromatic N) is 1. The van der Waals surface area contributed by atoms with E-state index >= 15 is 0 Å². The SMILES string of the molecule is Cc1cc(Br)cc(Cl)c1OCC(=O)N1CCNC(=O)C1. The Hall–Kier alpha value is -1.27. The lowest BCUT2D eigenvalue weighted by Gasteiger charge is -2.26. The van der Waals surface area contributed by atoms with Gasteiger partial charge in [-0.15, -0.1) is 0 Å². The lowest BCUT2D eigenvalue weighted by atomic mass is 10.2. The fourth-order valence-electron chi connectivity index (χ4n) is 1.95. The van der Waals surface area contributed by atoms with E-state index in [9.17, 15) is 9.59 Å². The zero-order valence-corrected chi connectivity index (χ0v) is 13.3. The summed E-state index contributed by atoms with van der Waals surface area (Å²) < 4.78 is 6.35. The van der Waals surface area contributed by atoms with Crippen LogP contribution in [0.4, 0.5) is 0 Å². The number of carbonyl (C=O) groups excluding carboxylic acids is 2. The molecule has 0 aromatic heterocycles. The van der Waals surface area contributed by atoms with Gasteiger partial charge in [-0.1, -0.05) is 27.5 Å². The summed E-state index contributed by atoms with van der Waals surface area (Å²) in [5.41, 5.74) is 0.841. The van der Waals surface area contributed by atoms with Gasteiger partial charge < -0.3 is 15.0 Å². The Morgan fingerprint density at radius 2 is 2.30 bits per heavy atom. The number of carbonyl (C=O) groups is 2. The minimum Gasteiger partial charge on any atom is -0.482 e. The van der Waals surface area contributed by atoms with Crippen molar-refractivity contribution in [1.29, 1.82) is 0 Å². The molecule has 1 aliphatic heterocycles. The van der Waals surface area contributed by atoms with Crippen molar-refractivity contribution >= 4 is 39.3 Å². The van der Waals surface area contributed by atoms with Gasteiger partial charge in [-0.25, -0.2) is 0 Å². The Bertz CT molecular complexity index is 527. The van der Waals surface area contributed by atoms with Crippen molar-refractivity contribution in [2.45, 2.75) is 6.92 Å². The molecule has 1 aliphatic rings. The first kappa shape index (κ1) is 15.1. The minimum atomic E-state index is -0.224. The highest BCUT2D eigenvalue weighted by Gasteiger charge is 2.21. The van der Waals surface area contributed by atoms with E-state index in [1.165, 1.54) is 4.90 Å². The van der Waals surface area contributed by atoms with E-state index in [2.05, 4.69) is 21.2 Å². The third kappa shape index (κ3) is 3.64. The van der Waals surface area contributed by atoms with Gasteiger partial charge in [0, 0.05) is 17.6 Å². The molecule has 0 radical (unpaired) electrons. The number of halogens is 2. The van der Waals surface area contributed by atoms with Crippen LogP contribution in [0.1, 0.15) is 5.56 Å². The minimum absolute atomic E-state index is 0.0786. The van der Waals surface area contributed by atoms with Crippen molar-refractivity contribution in [3.8, 4) is 5.75 Å². The van der Waals surface area contributed by atoms with Crippen LogP contribution in [0.25, 0.3) is 0 Å². The first-order valence-electron chi connectivity index (χ1n) is 6.10. The number of piperazine rings is 1. The number of aryl methyl sites for hydroxylation is 1. The van der Waals surface area contributed by atoms with Crippen LogP contribution in [0, 0.1) is 6.92 Å². The second kappa shape index (κ2) is 6.45. The van der Waals surface area contributed by atoms with E-state index in [1.807, 2.05) is 13.0 Å². The molecule has 20 heavy (non-hydrogen) atoms. The van der Waals surface area contributed by atoms with Crippen LogP contribution >= 0.6 is 27.5 Å². The van der Waals surface area contributed by atoms with E-state index in [0.717, 1.165) is 10.0 Å². The molecule has 1 aromatic rings. The number of benzene rings is 1. The second-order valence-electron chi connectivity index (χ2n) is 4.49. The predicted molar refractivity (Wildman–Crippen MR) is 79.0 cm³/mol. The van der Waals surface area contributed by atoms with E-state index in [-0.39, 0.29) is 25.0 Å². The molecule has 0 aliphatic carbocycles. The summed E-state index contributed by atoms with van der Waals surface area (Å²) in [6.07, 6.45) is 0. The van der Waals surface area contributed by atoms with Crippen LogP contribution in [-0.4, -0.2) is 43.0 Å². The number of amides is 2. The van der Waals surface area contributed by atoms with E-state index in [4.69, 9.17) is 16.3 Å². The highest BCUT2D eigenvalue weighted by atomic mass is 79.9. The highest BCUT2D eigenvalue weighted by Crippen LogP contribution is 2.31. The molecule has 2 rings (SSSR count). The van der Waals surface area contributed by atoms with Gasteiger partial charge >= 0.3 is 0 Å². The van der Waals surface area contributed by atoms with Gasteiger partial charge in [-0.2, -0.15) is 0 Å². The molecule has 1 aromatic carbocycles. The van der Waals surface area contributed by atoms with E-state index in [1.54, 1.807) is 6.07 Å². The molecule has 1 N–H and O–H groups in total. The van der Waals surface area contributed by atoms with E-state index in [0.29, 0.717) is 23.9 Å². The maximum Gasteiger partial charge on any atom is 0.261 e. The smallest absolute Gasteiger partial charge is 0.261 e. The fraction of sp³-hybridized carbons (Fsp3) is 0.385. The van der Waals surface area contributed by atoms with Gasteiger partial charge in [0.1, 0.15) is 5.75 Å². The van der Waals surface area contributed by atoms with Crippen molar-refractivity contribution < 1.29 is 14.3 Å². The zero-order valence-electron chi connectivity index (χ0n) is 10.9. The maximum absolute atomic E-state index is 12.0. The molecule has 0 spiro atoms. The summed E-state index contributed by atoms with van der Waals surface area (Å²) in [7, 11) is 0. The Kier molecular flexibility index (Phi) is 4.88. The van der Waals surface area contributed by atoms with Crippen molar-refractivity contribution in [3.63, 3.8) is 0 Å². The first-order valence-corrected chi connectivity index (χ1v) is 7.27. The van der Waals surface area contributed by atoms with E-state index < -0.39 is 0 Å². The Morgan fingerprint density at radius 1 is 1.55 bits per heavy atom. The normalized spacial score (nSPS) is 14.9. The van der Waals surface area contributed by atoms with Crippen molar-refractivity contribution in [3.05, 3.63) is 27.2 Å². The molecular weight excluding hydrogens is 348 g/mol. The molecule has 0 unspecified atom stereocenters. The van der Waals surface area contributed by atoms with Crippen LogP contribution in [0.5, 0.6) is 5.75 Å². The van der Waals surface area contributed by atoms with Crippen LogP contribution in [-0.2, 0) is 9.59 Å². The Balaban J connectivity index is 1.98. The maximum atomic E-state index is 12.0. The second-order valence-corrected chi connectivity index (χ2v) is 5.81. The molecule has 2 amide bonds. The molecule has 0 bridgehead atoms. The quantitative estimate of drug-likeness (QED) is 0.892. The Labute approximate surface area is 130 Å². The molecule has 1 fully saturated rings. The van der Waals surface area contributed by atoms with Gasteiger partial charge in [-0.3, -0.25) is 9.59 Å². The molecule has 0 atom stereocenters. The third-order valence-corrected chi connectivity index (χ3v) is 3.66. The number of ether oxygens (including phenoxy) is 1. The van der Waals surface area contributed by atoms with Crippen molar-refractivity contribution in [2.24, 2.45) is 0 Å². The molecule has 1 heterocycles. The summed E-state index contributed by atoms with van der Waals surface area (Å²) in [5.74, 6) is 0.116. The van der Waals surface area contributed by atoms with Gasteiger partial charge in [-0.05, 0) is 24.6 Å². The summed E-state index contributed by atoms with van der Waals surface area (Å²) in [6, 6.07) is 3.57. The predicted octanol–water partition coefficient (Wildman–Crippen LogP) is 1.75. The topological polar surface area (TPSA) is 58.6 Å². The third-order valence-electron chi connectivity index (χ3n) is 2.93. The van der Waals surface area contributed by atoms with Crippen molar-refractivity contribution in [2.75, 3.05) is 26.2 Å². The van der Waals surface area contributed by atoms with Crippen LogP contribution in [0.15, 0.2) is 16.6 Å². The fourth-order valence-corrected chi connectivity index (χ4v) is 2.97. The van der Waals surface area contributed by atoms with Gasteiger partial charge in [0.15, 0.2) is 6.61 Å². The molecule has 5 nitrogen and oxygen atoms in total. The van der Waals surface area contributed by atoms with Crippen molar-refractivity contribution in [1.82, 2.24) is 10.2 Å². The highest BCUT2D eigenvalue weighted by molar-refractivity contribution is 9.10. The summed E-state index contributed by atoms with van der Waals surface area (Å²) in [4.78, 5) is 24.7.